The van der Waals surface area contributed by atoms with Gasteiger partial charge in [0.1, 0.15) is 0 Å². The van der Waals surface area contributed by atoms with Gasteiger partial charge in [-0.05, 0) is 100 Å². The molecule has 0 aliphatic rings. The van der Waals surface area contributed by atoms with Gasteiger partial charge >= 0.3 is 0 Å². The third kappa shape index (κ3) is 8.60. The zero-order valence-corrected chi connectivity index (χ0v) is 37.3. The van der Waals surface area contributed by atoms with E-state index < -0.39 is 0 Å². The Hall–Kier alpha value is -8.13. The molecule has 10 rings (SSSR count). The summed E-state index contributed by atoms with van der Waals surface area (Å²) in [4.78, 5) is 4.66. The fourth-order valence-corrected chi connectivity index (χ4v) is 9.17. The SMILES string of the molecule is N#Cc1cccc(-c2cc(N(c3cccc(Cl)c3)c3c(-c4ccccc4)cccc3-c3ccccc3)cc(N(c3cccc(Cl)c3)c3c(-c4ccccc4)cccc3-c3ccccc3)c2)c1. The second-order valence-electron chi connectivity index (χ2n) is 15.9. The van der Waals surface area contributed by atoms with Gasteiger partial charge in [-0.1, -0.05) is 205 Å². The third-order valence-electron chi connectivity index (χ3n) is 11.7. The lowest BCUT2D eigenvalue weighted by Gasteiger charge is -2.34. The van der Waals surface area contributed by atoms with E-state index in [1.807, 2.05) is 78.9 Å². The van der Waals surface area contributed by atoms with Crippen LogP contribution in [-0.2, 0) is 0 Å². The monoisotopic (exact) mass is 885 g/mol. The van der Waals surface area contributed by atoms with Crippen molar-refractivity contribution in [3.63, 3.8) is 0 Å². The van der Waals surface area contributed by atoms with Crippen molar-refractivity contribution in [2.45, 2.75) is 0 Å². The molecule has 0 aliphatic carbocycles. The number of hydrogen-bond acceptors (Lipinski definition) is 3. The van der Waals surface area contributed by atoms with E-state index in [9.17, 15) is 5.26 Å². The Balaban J connectivity index is 1.35. The Bertz CT molecular complexity index is 3040. The number of para-hydroxylation sites is 2. The lowest BCUT2D eigenvalue weighted by atomic mass is 9.93. The van der Waals surface area contributed by atoms with Crippen molar-refractivity contribution >= 4 is 57.3 Å². The van der Waals surface area contributed by atoms with Crippen molar-refractivity contribution in [3.05, 3.63) is 264 Å². The average Bonchev–Trinajstić information content (AvgIpc) is 3.38. The van der Waals surface area contributed by atoms with Gasteiger partial charge in [-0.3, -0.25) is 0 Å². The Morgan fingerprint density at radius 3 is 1.00 bits per heavy atom. The summed E-state index contributed by atoms with van der Waals surface area (Å²) in [5.74, 6) is 0. The summed E-state index contributed by atoms with van der Waals surface area (Å²) in [6.45, 7) is 0. The van der Waals surface area contributed by atoms with Crippen LogP contribution in [-0.4, -0.2) is 0 Å². The highest BCUT2D eigenvalue weighted by Crippen LogP contribution is 2.52. The summed E-state index contributed by atoms with van der Waals surface area (Å²) in [6, 6.07) is 88.1. The minimum absolute atomic E-state index is 0.569. The molecule has 0 saturated carbocycles. The molecule has 5 heteroatoms. The standard InChI is InChI=1S/C61H41Cl2N3/c62-50-28-14-30-52(39-50)65(60-56(44-19-5-1-6-20-44)32-16-33-57(60)45-21-7-2-8-22-45)54-37-49(48-27-13-18-43(36-48)42-64)38-55(41-54)66(53-31-15-29-51(63)40-53)61-58(46-23-9-3-10-24-46)34-17-35-59(61)47-25-11-4-12-26-47/h1-41H. The first-order chi connectivity index (χ1) is 32.5. The molecule has 3 nitrogen and oxygen atoms in total. The predicted molar refractivity (Wildman–Crippen MR) is 278 cm³/mol. The zero-order chi connectivity index (χ0) is 44.8. The smallest absolute Gasteiger partial charge is 0.0991 e. The van der Waals surface area contributed by atoms with Crippen LogP contribution >= 0.6 is 23.2 Å². The molecule has 66 heavy (non-hydrogen) atoms. The second-order valence-corrected chi connectivity index (χ2v) is 16.8. The summed E-state index contributed by atoms with van der Waals surface area (Å²) in [5.41, 5.74) is 16.3. The van der Waals surface area contributed by atoms with Crippen LogP contribution in [0.3, 0.4) is 0 Å². The number of benzene rings is 10. The van der Waals surface area contributed by atoms with Crippen molar-refractivity contribution in [3.8, 4) is 61.7 Å². The maximum Gasteiger partial charge on any atom is 0.0991 e. The molecule has 0 aliphatic heterocycles. The third-order valence-corrected chi connectivity index (χ3v) is 12.2. The summed E-state index contributed by atoms with van der Waals surface area (Å²) in [6.07, 6.45) is 0. The summed E-state index contributed by atoms with van der Waals surface area (Å²) in [7, 11) is 0. The molecular formula is C61H41Cl2N3. The van der Waals surface area contributed by atoms with E-state index in [2.05, 4.69) is 186 Å². The van der Waals surface area contributed by atoms with Crippen LogP contribution in [0, 0.1) is 11.3 Å². The largest absolute Gasteiger partial charge is 0.309 e. The molecule has 0 aromatic heterocycles. The van der Waals surface area contributed by atoms with Crippen LogP contribution in [0.25, 0.3) is 55.6 Å². The van der Waals surface area contributed by atoms with Gasteiger partial charge in [0.05, 0.1) is 23.0 Å². The highest BCUT2D eigenvalue weighted by atomic mass is 35.5. The maximum absolute atomic E-state index is 10.2. The van der Waals surface area contributed by atoms with Gasteiger partial charge in [0.2, 0.25) is 0 Å². The molecule has 0 heterocycles. The molecular weight excluding hydrogens is 846 g/mol. The van der Waals surface area contributed by atoms with Crippen molar-refractivity contribution in [1.29, 1.82) is 5.26 Å². The highest BCUT2D eigenvalue weighted by Gasteiger charge is 2.27. The minimum Gasteiger partial charge on any atom is -0.309 e. The quantitative estimate of drug-likeness (QED) is 0.130. The number of nitrogens with zero attached hydrogens (tertiary/aromatic N) is 3. The molecule has 10 aromatic carbocycles. The fraction of sp³-hybridized carbons (Fsp3) is 0. The van der Waals surface area contributed by atoms with Crippen LogP contribution in [0.4, 0.5) is 34.1 Å². The highest BCUT2D eigenvalue weighted by molar-refractivity contribution is 6.31. The van der Waals surface area contributed by atoms with Crippen LogP contribution in [0.5, 0.6) is 0 Å². The maximum atomic E-state index is 10.2. The van der Waals surface area contributed by atoms with Crippen LogP contribution < -0.4 is 9.80 Å². The van der Waals surface area contributed by atoms with Crippen LogP contribution in [0.2, 0.25) is 10.0 Å². The van der Waals surface area contributed by atoms with E-state index in [0.29, 0.717) is 15.6 Å². The van der Waals surface area contributed by atoms with Gasteiger partial charge in [0.25, 0.3) is 0 Å². The number of rotatable bonds is 11. The van der Waals surface area contributed by atoms with E-state index in [4.69, 9.17) is 23.2 Å². The number of hydrogen-bond donors (Lipinski definition) is 0. The van der Waals surface area contributed by atoms with Gasteiger partial charge < -0.3 is 9.80 Å². The van der Waals surface area contributed by atoms with Gasteiger partial charge in [-0.25, -0.2) is 0 Å². The van der Waals surface area contributed by atoms with Gasteiger partial charge in [0.15, 0.2) is 0 Å². The normalized spacial score (nSPS) is 10.9. The Kier molecular flexibility index (Phi) is 12.0. The zero-order valence-electron chi connectivity index (χ0n) is 35.8. The van der Waals surface area contributed by atoms with Gasteiger partial charge in [0, 0.05) is 55.0 Å². The molecule has 0 bridgehead atoms. The van der Waals surface area contributed by atoms with Crippen molar-refractivity contribution in [2.24, 2.45) is 0 Å². The Morgan fingerprint density at radius 2 is 0.636 bits per heavy atom. The summed E-state index contributed by atoms with van der Waals surface area (Å²) >= 11 is 13.9. The number of anilines is 6. The molecule has 0 spiro atoms. The molecule has 0 amide bonds. The summed E-state index contributed by atoms with van der Waals surface area (Å²) in [5, 5.41) is 11.4. The van der Waals surface area contributed by atoms with Crippen molar-refractivity contribution in [2.75, 3.05) is 9.80 Å². The van der Waals surface area contributed by atoms with E-state index in [1.165, 1.54) is 0 Å². The fourth-order valence-electron chi connectivity index (χ4n) is 8.80. The lowest BCUT2D eigenvalue weighted by Crippen LogP contribution is -2.16. The van der Waals surface area contributed by atoms with Crippen molar-refractivity contribution in [1.82, 2.24) is 0 Å². The second kappa shape index (κ2) is 18.9. The number of halogens is 2. The molecule has 0 unspecified atom stereocenters. The molecule has 10 aromatic rings. The Labute approximate surface area is 396 Å². The van der Waals surface area contributed by atoms with E-state index in [0.717, 1.165) is 89.8 Å². The Morgan fingerprint density at radius 1 is 0.288 bits per heavy atom. The predicted octanol–water partition coefficient (Wildman–Crippen LogP) is 18.1. The molecule has 0 N–H and O–H groups in total. The topological polar surface area (TPSA) is 30.3 Å². The first kappa shape index (κ1) is 41.9. The van der Waals surface area contributed by atoms with Gasteiger partial charge in [-0.2, -0.15) is 5.26 Å². The average molecular weight is 887 g/mol. The molecule has 0 fully saturated rings. The summed E-state index contributed by atoms with van der Waals surface area (Å²) < 4.78 is 0. The number of nitriles is 1. The molecule has 314 valence electrons. The molecule has 0 radical (unpaired) electrons. The lowest BCUT2D eigenvalue weighted by molar-refractivity contribution is 1.25. The van der Waals surface area contributed by atoms with Crippen LogP contribution in [0.1, 0.15) is 5.56 Å². The molecule has 0 atom stereocenters. The molecule has 0 saturated heterocycles. The van der Waals surface area contributed by atoms with E-state index >= 15 is 0 Å². The first-order valence-electron chi connectivity index (χ1n) is 21.8. The van der Waals surface area contributed by atoms with E-state index in [-0.39, 0.29) is 0 Å². The van der Waals surface area contributed by atoms with Crippen molar-refractivity contribution < 1.29 is 0 Å². The van der Waals surface area contributed by atoms with Gasteiger partial charge in [-0.15, -0.1) is 0 Å². The minimum atomic E-state index is 0.569. The van der Waals surface area contributed by atoms with Crippen LogP contribution in [0.15, 0.2) is 249 Å². The van der Waals surface area contributed by atoms with E-state index in [1.54, 1.807) is 0 Å². The first-order valence-corrected chi connectivity index (χ1v) is 22.5.